The van der Waals surface area contributed by atoms with Crippen LogP contribution in [0.5, 0.6) is 17.2 Å². The third-order valence-corrected chi connectivity index (χ3v) is 4.01. The molecular formula is C22H18F3NO3. The number of hydrogen-bond donors (Lipinski definition) is 1. The summed E-state index contributed by atoms with van der Waals surface area (Å²) >= 11 is 0. The number of nitrogens with zero attached hydrogens (tertiary/aromatic N) is 1. The van der Waals surface area contributed by atoms with Crippen LogP contribution in [0.1, 0.15) is 16.7 Å². The number of hydrogen-bond acceptors (Lipinski definition) is 4. The van der Waals surface area contributed by atoms with Gasteiger partial charge in [0, 0.05) is 18.7 Å². The van der Waals surface area contributed by atoms with Gasteiger partial charge in [-0.3, -0.25) is 0 Å². The molecule has 0 aliphatic rings. The van der Waals surface area contributed by atoms with Crippen molar-refractivity contribution in [2.24, 2.45) is 5.16 Å². The molecule has 7 heteroatoms. The van der Waals surface area contributed by atoms with Crippen LogP contribution in [0.15, 0.2) is 78.0 Å². The Morgan fingerprint density at radius 3 is 2.28 bits per heavy atom. The molecule has 1 N–H and O–H groups in total. The number of oxime groups is 1. The number of rotatable bonds is 7. The van der Waals surface area contributed by atoms with Gasteiger partial charge in [-0.05, 0) is 41.5 Å². The molecule has 0 radical (unpaired) electrons. The molecule has 0 spiro atoms. The van der Waals surface area contributed by atoms with Crippen molar-refractivity contribution >= 4 is 6.21 Å². The smallest absolute Gasteiger partial charge is 0.416 e. The molecule has 0 unspecified atom stereocenters. The van der Waals surface area contributed by atoms with Crippen LogP contribution in [-0.4, -0.2) is 11.3 Å². The van der Waals surface area contributed by atoms with E-state index in [1.807, 2.05) is 30.3 Å². The van der Waals surface area contributed by atoms with Gasteiger partial charge in [0.2, 0.25) is 0 Å². The van der Waals surface area contributed by atoms with E-state index in [0.717, 1.165) is 12.1 Å². The van der Waals surface area contributed by atoms with E-state index < -0.39 is 11.7 Å². The van der Waals surface area contributed by atoms with E-state index >= 15 is 0 Å². The fraction of sp³-hybridized carbons (Fsp3) is 0.136. The minimum Gasteiger partial charge on any atom is -0.508 e. The molecule has 4 nitrogen and oxygen atoms in total. The summed E-state index contributed by atoms with van der Waals surface area (Å²) in [6, 6.07) is 18.9. The molecule has 3 aromatic rings. The van der Waals surface area contributed by atoms with Crippen LogP contribution < -0.4 is 4.74 Å². The highest BCUT2D eigenvalue weighted by Crippen LogP contribution is 2.29. The lowest BCUT2D eigenvalue weighted by Crippen LogP contribution is -2.04. The molecule has 0 amide bonds. The molecule has 0 saturated carbocycles. The zero-order chi connectivity index (χ0) is 20.7. The molecule has 0 atom stereocenters. The second-order valence-electron chi connectivity index (χ2n) is 6.17. The quantitative estimate of drug-likeness (QED) is 0.393. The number of ether oxygens (including phenoxy) is 1. The summed E-state index contributed by atoms with van der Waals surface area (Å²) in [6.07, 6.45) is -2.57. The third kappa shape index (κ3) is 6.00. The fourth-order valence-electron chi connectivity index (χ4n) is 2.49. The van der Waals surface area contributed by atoms with Crippen LogP contribution in [0, 0.1) is 0 Å². The van der Waals surface area contributed by atoms with Crippen LogP contribution in [-0.2, 0) is 24.0 Å². The standard InChI is InChI=1S/C22H18F3NO3/c23-22(24,25)18-9-6-16(7-10-18)15-28-26-13-12-17-8-11-20(14-21(17)27)29-19-4-2-1-3-5-19/h1-11,13-14,27H,12,15H2. The summed E-state index contributed by atoms with van der Waals surface area (Å²) in [5.74, 6) is 1.23. The Morgan fingerprint density at radius 2 is 1.62 bits per heavy atom. The van der Waals surface area contributed by atoms with Gasteiger partial charge in [0.05, 0.1) is 5.56 Å². The normalized spacial score (nSPS) is 11.6. The molecule has 0 aliphatic heterocycles. The Hall–Kier alpha value is -3.48. The topological polar surface area (TPSA) is 51.0 Å². The summed E-state index contributed by atoms with van der Waals surface area (Å²) in [6.45, 7) is 0.0461. The van der Waals surface area contributed by atoms with E-state index in [-0.39, 0.29) is 12.4 Å². The second-order valence-corrected chi connectivity index (χ2v) is 6.17. The molecule has 3 rings (SSSR count). The van der Waals surface area contributed by atoms with Crippen LogP contribution in [0.4, 0.5) is 13.2 Å². The van der Waals surface area contributed by atoms with Gasteiger partial charge in [0.15, 0.2) is 0 Å². The van der Waals surface area contributed by atoms with Crippen LogP contribution >= 0.6 is 0 Å². The lowest BCUT2D eigenvalue weighted by atomic mass is 10.1. The number of phenolic OH excluding ortho intramolecular Hbond substituents is 1. The van der Waals surface area contributed by atoms with Crippen molar-refractivity contribution in [2.75, 3.05) is 0 Å². The first-order chi connectivity index (χ1) is 13.9. The molecule has 3 aromatic carbocycles. The van der Waals surface area contributed by atoms with Gasteiger partial charge >= 0.3 is 6.18 Å². The molecule has 0 heterocycles. The molecule has 0 aliphatic carbocycles. The number of para-hydroxylation sites is 1. The minimum absolute atomic E-state index is 0.0461. The zero-order valence-electron chi connectivity index (χ0n) is 15.3. The molecule has 0 saturated heterocycles. The van der Waals surface area contributed by atoms with Crippen molar-refractivity contribution in [1.29, 1.82) is 0 Å². The maximum absolute atomic E-state index is 12.5. The van der Waals surface area contributed by atoms with Gasteiger partial charge in [-0.1, -0.05) is 41.6 Å². The summed E-state index contributed by atoms with van der Waals surface area (Å²) in [5, 5.41) is 13.9. The average molecular weight is 401 g/mol. The summed E-state index contributed by atoms with van der Waals surface area (Å²) in [7, 11) is 0. The van der Waals surface area contributed by atoms with E-state index in [1.165, 1.54) is 24.4 Å². The predicted octanol–water partition coefficient (Wildman–Crippen LogP) is 5.95. The lowest BCUT2D eigenvalue weighted by molar-refractivity contribution is -0.137. The minimum atomic E-state index is -4.36. The Labute approximate surface area is 165 Å². The second kappa shape index (κ2) is 9.14. The number of benzene rings is 3. The number of aromatic hydroxyl groups is 1. The fourth-order valence-corrected chi connectivity index (χ4v) is 2.49. The lowest BCUT2D eigenvalue weighted by Gasteiger charge is -2.08. The van der Waals surface area contributed by atoms with Gasteiger partial charge in [-0.25, -0.2) is 0 Å². The van der Waals surface area contributed by atoms with E-state index in [2.05, 4.69) is 5.16 Å². The summed E-state index contributed by atoms with van der Waals surface area (Å²) < 4.78 is 43.2. The Kier molecular flexibility index (Phi) is 6.39. The van der Waals surface area contributed by atoms with Gasteiger partial charge in [0.1, 0.15) is 23.9 Å². The maximum atomic E-state index is 12.5. The zero-order valence-corrected chi connectivity index (χ0v) is 15.3. The van der Waals surface area contributed by atoms with E-state index in [4.69, 9.17) is 9.57 Å². The van der Waals surface area contributed by atoms with E-state index in [1.54, 1.807) is 12.1 Å². The van der Waals surface area contributed by atoms with Gasteiger partial charge in [-0.2, -0.15) is 13.2 Å². The van der Waals surface area contributed by atoms with Crippen LogP contribution in [0.25, 0.3) is 0 Å². The SMILES string of the molecule is Oc1cc(Oc2ccccc2)ccc1CC=NOCc1ccc(C(F)(F)F)cc1. The van der Waals surface area contributed by atoms with Crippen molar-refractivity contribution in [1.82, 2.24) is 0 Å². The highest BCUT2D eigenvalue weighted by atomic mass is 19.4. The van der Waals surface area contributed by atoms with Gasteiger partial charge in [-0.15, -0.1) is 0 Å². The first-order valence-corrected chi connectivity index (χ1v) is 8.76. The Balaban J connectivity index is 1.49. The molecular weight excluding hydrogens is 383 g/mol. The predicted molar refractivity (Wildman–Crippen MR) is 103 cm³/mol. The Bertz CT molecular complexity index is 955. The van der Waals surface area contributed by atoms with E-state index in [0.29, 0.717) is 29.0 Å². The Morgan fingerprint density at radius 1 is 0.897 bits per heavy atom. The van der Waals surface area contributed by atoms with Crippen molar-refractivity contribution < 1.29 is 27.9 Å². The van der Waals surface area contributed by atoms with Crippen molar-refractivity contribution in [3.8, 4) is 17.2 Å². The average Bonchev–Trinajstić information content (AvgIpc) is 2.70. The molecule has 0 fully saturated rings. The summed E-state index contributed by atoms with van der Waals surface area (Å²) in [4.78, 5) is 5.09. The number of phenols is 1. The molecule has 0 bridgehead atoms. The first-order valence-electron chi connectivity index (χ1n) is 8.76. The van der Waals surface area contributed by atoms with Crippen molar-refractivity contribution in [2.45, 2.75) is 19.2 Å². The van der Waals surface area contributed by atoms with Crippen LogP contribution in [0.3, 0.4) is 0 Å². The number of halogens is 3. The highest BCUT2D eigenvalue weighted by Gasteiger charge is 2.29. The molecule has 29 heavy (non-hydrogen) atoms. The monoisotopic (exact) mass is 401 g/mol. The van der Waals surface area contributed by atoms with Crippen LogP contribution in [0.2, 0.25) is 0 Å². The summed E-state index contributed by atoms with van der Waals surface area (Å²) in [5.41, 5.74) is 0.493. The van der Waals surface area contributed by atoms with Gasteiger partial charge < -0.3 is 14.7 Å². The van der Waals surface area contributed by atoms with Gasteiger partial charge in [0.25, 0.3) is 0 Å². The largest absolute Gasteiger partial charge is 0.508 e. The highest BCUT2D eigenvalue weighted by molar-refractivity contribution is 5.63. The molecule has 150 valence electrons. The van der Waals surface area contributed by atoms with Crippen molar-refractivity contribution in [3.63, 3.8) is 0 Å². The maximum Gasteiger partial charge on any atom is 0.416 e. The van der Waals surface area contributed by atoms with E-state index in [9.17, 15) is 18.3 Å². The van der Waals surface area contributed by atoms with Crippen molar-refractivity contribution in [3.05, 3.63) is 89.5 Å². The first kappa shape index (κ1) is 20.3. The third-order valence-electron chi connectivity index (χ3n) is 4.01. The molecule has 0 aromatic heterocycles. The number of alkyl halides is 3.